The van der Waals surface area contributed by atoms with Crippen molar-refractivity contribution in [3.05, 3.63) is 0 Å². The van der Waals surface area contributed by atoms with E-state index >= 15 is 0 Å². The molecule has 0 N–H and O–H groups in total. The molecule has 0 spiro atoms. The van der Waals surface area contributed by atoms with Crippen LogP contribution in [0.5, 0.6) is 0 Å². The van der Waals surface area contributed by atoms with Crippen molar-refractivity contribution in [1.29, 1.82) is 0 Å². The second-order valence-electron chi connectivity index (χ2n) is 3.88. The monoisotopic (exact) mass is 186 g/mol. The van der Waals surface area contributed by atoms with E-state index in [1.807, 2.05) is 0 Å². The predicted octanol–water partition coefficient (Wildman–Crippen LogP) is 1.75. The van der Waals surface area contributed by atoms with Crippen LogP contribution in [0.25, 0.3) is 0 Å². The van der Waals surface area contributed by atoms with Gasteiger partial charge in [-0.15, -0.1) is 0 Å². The number of hydrogen-bond donors (Lipinski definition) is 0. The van der Waals surface area contributed by atoms with Gasteiger partial charge in [-0.1, -0.05) is 0 Å². The van der Waals surface area contributed by atoms with E-state index in [9.17, 15) is 4.79 Å². The molecule has 0 radical (unpaired) electrons. The normalized spacial score (nSPS) is 34.2. The molecule has 1 aliphatic heterocycles. The number of esters is 1. The summed E-state index contributed by atoms with van der Waals surface area (Å²) in [5.41, 5.74) is 0. The molecule has 0 saturated carbocycles. The molecule has 3 atom stereocenters. The second kappa shape index (κ2) is 4.61. The fourth-order valence-electron chi connectivity index (χ4n) is 2.03. The van der Waals surface area contributed by atoms with Gasteiger partial charge in [0, 0.05) is 6.42 Å². The Labute approximate surface area is 79.4 Å². The zero-order valence-electron chi connectivity index (χ0n) is 8.58. The zero-order valence-corrected chi connectivity index (χ0v) is 8.58. The number of hydrogen-bond acceptors (Lipinski definition) is 3. The van der Waals surface area contributed by atoms with Gasteiger partial charge in [0.25, 0.3) is 0 Å². The van der Waals surface area contributed by atoms with Crippen LogP contribution in [0.2, 0.25) is 0 Å². The molecule has 1 rings (SSSR count). The highest BCUT2D eigenvalue weighted by Gasteiger charge is 2.26. The number of carbonyl (C=O) groups excluding carboxylic acids is 1. The summed E-state index contributed by atoms with van der Waals surface area (Å²) in [6.07, 6.45) is 3.03. The lowest BCUT2D eigenvalue weighted by molar-refractivity contribution is -0.143. The molecule has 1 fully saturated rings. The van der Waals surface area contributed by atoms with Gasteiger partial charge >= 0.3 is 5.97 Å². The number of methoxy groups -OCH3 is 1. The average molecular weight is 186 g/mol. The Morgan fingerprint density at radius 3 is 2.38 bits per heavy atom. The Morgan fingerprint density at radius 1 is 1.38 bits per heavy atom. The van der Waals surface area contributed by atoms with Gasteiger partial charge in [-0.3, -0.25) is 4.79 Å². The van der Waals surface area contributed by atoms with E-state index in [-0.39, 0.29) is 18.2 Å². The summed E-state index contributed by atoms with van der Waals surface area (Å²) in [6, 6.07) is 0. The molecule has 1 saturated heterocycles. The summed E-state index contributed by atoms with van der Waals surface area (Å²) in [6.45, 7) is 4.11. The lowest BCUT2D eigenvalue weighted by Gasteiger charge is -2.31. The van der Waals surface area contributed by atoms with Crippen molar-refractivity contribution in [3.63, 3.8) is 0 Å². The molecular formula is C10H18O3. The molecule has 0 aliphatic carbocycles. The van der Waals surface area contributed by atoms with Gasteiger partial charge in [0.05, 0.1) is 19.3 Å². The smallest absolute Gasteiger partial charge is 0.305 e. The van der Waals surface area contributed by atoms with Gasteiger partial charge in [0.1, 0.15) is 0 Å². The Morgan fingerprint density at radius 2 is 1.92 bits per heavy atom. The molecule has 13 heavy (non-hydrogen) atoms. The van der Waals surface area contributed by atoms with Gasteiger partial charge in [0.15, 0.2) is 0 Å². The Kier molecular flexibility index (Phi) is 3.72. The van der Waals surface area contributed by atoms with Crippen LogP contribution in [0.3, 0.4) is 0 Å². The Bertz CT molecular complexity index is 169. The minimum Gasteiger partial charge on any atom is -0.469 e. The summed E-state index contributed by atoms with van der Waals surface area (Å²) in [5.74, 6) is 0.331. The molecule has 1 heterocycles. The van der Waals surface area contributed by atoms with E-state index in [4.69, 9.17) is 4.74 Å². The molecule has 0 aromatic carbocycles. The largest absolute Gasteiger partial charge is 0.469 e. The summed E-state index contributed by atoms with van der Waals surface area (Å²) in [7, 11) is 1.44. The highest BCUT2D eigenvalue weighted by molar-refractivity contribution is 5.69. The quantitative estimate of drug-likeness (QED) is 0.616. The van der Waals surface area contributed by atoms with Crippen LogP contribution in [0, 0.1) is 5.92 Å². The second-order valence-corrected chi connectivity index (χ2v) is 3.88. The summed E-state index contributed by atoms with van der Waals surface area (Å²) in [4.78, 5) is 11.0. The van der Waals surface area contributed by atoms with E-state index in [0.717, 1.165) is 12.8 Å². The Hall–Kier alpha value is -0.570. The lowest BCUT2D eigenvalue weighted by Crippen LogP contribution is -2.30. The number of rotatable bonds is 2. The van der Waals surface area contributed by atoms with Crippen molar-refractivity contribution in [3.8, 4) is 0 Å². The fourth-order valence-corrected chi connectivity index (χ4v) is 2.03. The van der Waals surface area contributed by atoms with Crippen LogP contribution >= 0.6 is 0 Å². The first-order chi connectivity index (χ1) is 6.11. The highest BCUT2D eigenvalue weighted by Crippen LogP contribution is 2.27. The van der Waals surface area contributed by atoms with Crippen molar-refractivity contribution >= 4 is 5.97 Å². The molecule has 0 amide bonds. The lowest BCUT2D eigenvalue weighted by atomic mass is 9.90. The van der Waals surface area contributed by atoms with Crippen LogP contribution in [-0.4, -0.2) is 25.3 Å². The average Bonchev–Trinajstić information content (AvgIpc) is 2.02. The van der Waals surface area contributed by atoms with Crippen molar-refractivity contribution < 1.29 is 14.3 Å². The van der Waals surface area contributed by atoms with Crippen LogP contribution in [-0.2, 0) is 14.3 Å². The summed E-state index contributed by atoms with van der Waals surface area (Å²) in [5, 5.41) is 0. The topological polar surface area (TPSA) is 35.5 Å². The first kappa shape index (κ1) is 10.5. The maximum atomic E-state index is 11.0. The molecule has 0 aromatic rings. The van der Waals surface area contributed by atoms with Gasteiger partial charge in [-0.2, -0.15) is 0 Å². The zero-order chi connectivity index (χ0) is 9.84. The minimum atomic E-state index is -0.105. The molecule has 0 bridgehead atoms. The van der Waals surface area contributed by atoms with Crippen molar-refractivity contribution in [1.82, 2.24) is 0 Å². The molecule has 0 aromatic heterocycles. The van der Waals surface area contributed by atoms with Crippen molar-refractivity contribution in [2.24, 2.45) is 5.92 Å². The number of carbonyl (C=O) groups is 1. The van der Waals surface area contributed by atoms with Gasteiger partial charge in [0.2, 0.25) is 0 Å². The van der Waals surface area contributed by atoms with Crippen LogP contribution in [0.1, 0.15) is 33.1 Å². The SMILES string of the molecule is COC(=O)CC1C[C@@H](C)O[C@@H](C)C1. The first-order valence-corrected chi connectivity index (χ1v) is 4.84. The highest BCUT2D eigenvalue weighted by atomic mass is 16.5. The van der Waals surface area contributed by atoms with Gasteiger partial charge in [-0.05, 0) is 32.6 Å². The third kappa shape index (κ3) is 3.35. The molecular weight excluding hydrogens is 168 g/mol. The molecule has 1 unspecified atom stereocenters. The van der Waals surface area contributed by atoms with E-state index in [1.54, 1.807) is 0 Å². The van der Waals surface area contributed by atoms with Crippen LogP contribution < -0.4 is 0 Å². The maximum absolute atomic E-state index is 11.0. The fraction of sp³-hybridized carbons (Fsp3) is 0.900. The molecule has 3 nitrogen and oxygen atoms in total. The van der Waals surface area contributed by atoms with Crippen LogP contribution in [0.4, 0.5) is 0 Å². The van der Waals surface area contributed by atoms with Gasteiger partial charge in [-0.25, -0.2) is 0 Å². The number of ether oxygens (including phenoxy) is 2. The standard InChI is InChI=1S/C10H18O3/c1-7-4-9(5-8(2)13-7)6-10(11)12-3/h7-9H,4-6H2,1-3H3/t7-,8+,9?. The molecule has 3 heteroatoms. The van der Waals surface area contributed by atoms with Crippen LogP contribution in [0.15, 0.2) is 0 Å². The van der Waals surface area contributed by atoms with E-state index in [0.29, 0.717) is 12.3 Å². The first-order valence-electron chi connectivity index (χ1n) is 4.84. The maximum Gasteiger partial charge on any atom is 0.305 e. The van der Waals surface area contributed by atoms with Crippen molar-refractivity contribution in [2.75, 3.05) is 7.11 Å². The Balaban J connectivity index is 2.37. The van der Waals surface area contributed by atoms with Crippen molar-refractivity contribution in [2.45, 2.75) is 45.3 Å². The minimum absolute atomic E-state index is 0.105. The van der Waals surface area contributed by atoms with E-state index < -0.39 is 0 Å². The molecule has 76 valence electrons. The third-order valence-electron chi connectivity index (χ3n) is 2.48. The summed E-state index contributed by atoms with van der Waals surface area (Å²) >= 11 is 0. The third-order valence-corrected chi connectivity index (χ3v) is 2.48. The van der Waals surface area contributed by atoms with E-state index in [2.05, 4.69) is 18.6 Å². The van der Waals surface area contributed by atoms with E-state index in [1.165, 1.54) is 7.11 Å². The van der Waals surface area contributed by atoms with Gasteiger partial charge < -0.3 is 9.47 Å². The summed E-state index contributed by atoms with van der Waals surface area (Å²) < 4.78 is 10.2. The predicted molar refractivity (Wildman–Crippen MR) is 49.4 cm³/mol. The molecule has 1 aliphatic rings.